The third kappa shape index (κ3) is 4.31. The molecule has 0 atom stereocenters. The lowest BCUT2D eigenvalue weighted by Crippen LogP contribution is -2.50. The van der Waals surface area contributed by atoms with Gasteiger partial charge < -0.3 is 9.80 Å². The Balaban J connectivity index is 1.42. The lowest BCUT2D eigenvalue weighted by molar-refractivity contribution is 0.0692. The van der Waals surface area contributed by atoms with E-state index in [1.165, 1.54) is 17.1 Å². The Morgan fingerprint density at radius 1 is 0.931 bits per heavy atom. The van der Waals surface area contributed by atoms with Crippen molar-refractivity contribution in [2.75, 3.05) is 44.2 Å². The monoisotopic (exact) mass is 478 g/mol. The van der Waals surface area contributed by atoms with Crippen LogP contribution in [0.3, 0.4) is 0 Å². The number of amides is 1. The largest absolute Gasteiger partial charge is 0.371 e. The predicted molar refractivity (Wildman–Crippen MR) is 114 cm³/mol. The number of carbonyl (C=O) groups is 1. The Hall–Kier alpha value is -1.97. The van der Waals surface area contributed by atoms with Gasteiger partial charge in [0.05, 0.1) is 4.90 Å². The topological polar surface area (TPSA) is 73.8 Å². The number of pyridine rings is 1. The van der Waals surface area contributed by atoms with Crippen molar-refractivity contribution < 1.29 is 13.2 Å². The first-order valence-corrected chi connectivity index (χ1v) is 11.9. The van der Waals surface area contributed by atoms with Gasteiger partial charge in [0.2, 0.25) is 10.0 Å². The molecule has 0 bridgehead atoms. The minimum atomic E-state index is -3.56. The fourth-order valence-corrected chi connectivity index (χ4v) is 5.44. The van der Waals surface area contributed by atoms with Crippen molar-refractivity contribution in [2.45, 2.75) is 17.7 Å². The zero-order valence-corrected chi connectivity index (χ0v) is 18.4. The molecule has 2 aliphatic rings. The summed E-state index contributed by atoms with van der Waals surface area (Å²) in [4.78, 5) is 21.4. The summed E-state index contributed by atoms with van der Waals surface area (Å²) in [6.07, 6.45) is 4.01. The van der Waals surface area contributed by atoms with Gasteiger partial charge in [0.1, 0.15) is 5.69 Å². The number of nitrogens with zero attached hydrogens (tertiary/aromatic N) is 4. The average molecular weight is 479 g/mol. The Labute approximate surface area is 179 Å². The second kappa shape index (κ2) is 8.41. The normalized spacial score (nSPS) is 18.2. The van der Waals surface area contributed by atoms with Crippen molar-refractivity contribution in [2.24, 2.45) is 0 Å². The van der Waals surface area contributed by atoms with Crippen LogP contribution >= 0.6 is 15.9 Å². The summed E-state index contributed by atoms with van der Waals surface area (Å²) in [7, 11) is -3.56. The summed E-state index contributed by atoms with van der Waals surface area (Å²) >= 11 is 3.32. The molecule has 29 heavy (non-hydrogen) atoms. The van der Waals surface area contributed by atoms with E-state index in [9.17, 15) is 13.2 Å². The number of rotatable bonds is 4. The molecule has 154 valence electrons. The van der Waals surface area contributed by atoms with Crippen LogP contribution in [0.5, 0.6) is 0 Å². The van der Waals surface area contributed by atoms with Gasteiger partial charge in [-0.2, -0.15) is 4.31 Å². The molecule has 7 nitrogen and oxygen atoms in total. The van der Waals surface area contributed by atoms with E-state index in [2.05, 4.69) is 25.8 Å². The molecule has 0 spiro atoms. The molecule has 1 aromatic carbocycles. The van der Waals surface area contributed by atoms with Gasteiger partial charge >= 0.3 is 0 Å². The van der Waals surface area contributed by atoms with Gasteiger partial charge in [0, 0.05) is 55.6 Å². The highest BCUT2D eigenvalue weighted by molar-refractivity contribution is 9.10. The van der Waals surface area contributed by atoms with Crippen LogP contribution in [0.2, 0.25) is 0 Å². The highest BCUT2D eigenvalue weighted by atomic mass is 79.9. The van der Waals surface area contributed by atoms with E-state index in [0.717, 1.165) is 23.2 Å². The van der Waals surface area contributed by atoms with E-state index in [-0.39, 0.29) is 23.9 Å². The second-order valence-electron chi connectivity index (χ2n) is 7.24. The van der Waals surface area contributed by atoms with E-state index in [4.69, 9.17) is 0 Å². The summed E-state index contributed by atoms with van der Waals surface area (Å²) in [6.45, 7) is 3.26. The SMILES string of the molecule is O=C(c1cc(N2CCCC2)ccn1)N1CCN(S(=O)(=O)c2ccc(Br)cc2)CC1. The third-order valence-corrected chi connectivity index (χ3v) is 7.85. The first kappa shape index (κ1) is 20.3. The number of sulfonamides is 1. The Morgan fingerprint density at radius 2 is 1.59 bits per heavy atom. The van der Waals surface area contributed by atoms with Crippen molar-refractivity contribution >= 4 is 37.5 Å². The van der Waals surface area contributed by atoms with Crippen molar-refractivity contribution in [3.05, 3.63) is 52.8 Å². The molecule has 0 aliphatic carbocycles. The zero-order valence-electron chi connectivity index (χ0n) is 16.0. The van der Waals surface area contributed by atoms with E-state index in [1.807, 2.05) is 12.1 Å². The van der Waals surface area contributed by atoms with E-state index < -0.39 is 10.0 Å². The fraction of sp³-hybridized carbons (Fsp3) is 0.400. The highest BCUT2D eigenvalue weighted by Gasteiger charge is 2.31. The number of halogens is 1. The number of benzene rings is 1. The fourth-order valence-electron chi connectivity index (χ4n) is 3.76. The van der Waals surface area contributed by atoms with Crippen LogP contribution in [0, 0.1) is 0 Å². The van der Waals surface area contributed by atoms with Gasteiger partial charge in [-0.25, -0.2) is 8.42 Å². The molecule has 0 saturated carbocycles. The number of hydrogen-bond donors (Lipinski definition) is 0. The molecule has 2 saturated heterocycles. The molecule has 0 N–H and O–H groups in total. The van der Waals surface area contributed by atoms with Crippen molar-refractivity contribution in [1.82, 2.24) is 14.2 Å². The number of aromatic nitrogens is 1. The zero-order chi connectivity index (χ0) is 20.4. The van der Waals surface area contributed by atoms with Crippen LogP contribution in [0.4, 0.5) is 5.69 Å². The molecule has 2 aliphatic heterocycles. The van der Waals surface area contributed by atoms with Crippen LogP contribution in [0.25, 0.3) is 0 Å². The lowest BCUT2D eigenvalue weighted by Gasteiger charge is -2.34. The molecule has 1 amide bonds. The number of carbonyl (C=O) groups excluding carboxylic acids is 1. The van der Waals surface area contributed by atoms with E-state index >= 15 is 0 Å². The van der Waals surface area contributed by atoms with Crippen molar-refractivity contribution in [3.8, 4) is 0 Å². The van der Waals surface area contributed by atoms with Crippen LogP contribution in [-0.2, 0) is 10.0 Å². The highest BCUT2D eigenvalue weighted by Crippen LogP contribution is 2.23. The minimum Gasteiger partial charge on any atom is -0.371 e. The van der Waals surface area contributed by atoms with Gasteiger partial charge in [-0.1, -0.05) is 15.9 Å². The molecule has 2 aromatic rings. The second-order valence-corrected chi connectivity index (χ2v) is 10.1. The smallest absolute Gasteiger partial charge is 0.272 e. The van der Waals surface area contributed by atoms with Crippen molar-refractivity contribution in [1.29, 1.82) is 0 Å². The first-order valence-electron chi connectivity index (χ1n) is 9.71. The lowest BCUT2D eigenvalue weighted by atomic mass is 10.2. The molecule has 0 radical (unpaired) electrons. The maximum atomic E-state index is 12.9. The summed E-state index contributed by atoms with van der Waals surface area (Å²) in [5.74, 6) is -0.147. The van der Waals surface area contributed by atoms with Gasteiger partial charge in [-0.05, 0) is 49.2 Å². The Morgan fingerprint density at radius 3 is 2.24 bits per heavy atom. The molecule has 4 rings (SSSR count). The molecule has 1 aromatic heterocycles. The first-order chi connectivity index (χ1) is 13.9. The maximum absolute atomic E-state index is 12.9. The third-order valence-electron chi connectivity index (χ3n) is 5.41. The van der Waals surface area contributed by atoms with E-state index in [1.54, 1.807) is 35.4 Å². The predicted octanol–water partition coefficient (Wildman–Crippen LogP) is 2.59. The summed E-state index contributed by atoms with van der Waals surface area (Å²) in [6, 6.07) is 10.4. The van der Waals surface area contributed by atoms with Gasteiger partial charge in [-0.15, -0.1) is 0 Å². The number of piperazine rings is 1. The summed E-state index contributed by atoms with van der Waals surface area (Å²) in [5.41, 5.74) is 1.44. The average Bonchev–Trinajstić information content (AvgIpc) is 3.29. The summed E-state index contributed by atoms with van der Waals surface area (Å²) in [5, 5.41) is 0. The van der Waals surface area contributed by atoms with Crippen LogP contribution < -0.4 is 4.90 Å². The minimum absolute atomic E-state index is 0.147. The number of hydrogen-bond acceptors (Lipinski definition) is 5. The standard InChI is InChI=1S/C20H23BrN4O3S/c21-16-3-5-18(6-4-16)29(27,28)25-13-11-24(12-14-25)20(26)19-15-17(7-8-22-19)23-9-1-2-10-23/h3-8,15H,1-2,9-14H2. The van der Waals surface area contributed by atoms with Crippen molar-refractivity contribution in [3.63, 3.8) is 0 Å². The molecule has 9 heteroatoms. The van der Waals surface area contributed by atoms with Crippen LogP contribution in [0.1, 0.15) is 23.3 Å². The summed E-state index contributed by atoms with van der Waals surface area (Å²) < 4.78 is 27.9. The van der Waals surface area contributed by atoms with Gasteiger partial charge in [0.25, 0.3) is 5.91 Å². The van der Waals surface area contributed by atoms with E-state index in [0.29, 0.717) is 18.8 Å². The number of anilines is 1. The van der Waals surface area contributed by atoms with Crippen LogP contribution in [0.15, 0.2) is 52.0 Å². The quantitative estimate of drug-likeness (QED) is 0.674. The maximum Gasteiger partial charge on any atom is 0.272 e. The van der Waals surface area contributed by atoms with Crippen LogP contribution in [-0.4, -0.2) is 67.8 Å². The molecule has 3 heterocycles. The Bertz CT molecular complexity index is 983. The van der Waals surface area contributed by atoms with Gasteiger partial charge in [-0.3, -0.25) is 9.78 Å². The molecule has 0 unspecified atom stereocenters. The molecular weight excluding hydrogens is 456 g/mol. The Kier molecular flexibility index (Phi) is 5.89. The van der Waals surface area contributed by atoms with Gasteiger partial charge in [0.15, 0.2) is 0 Å². The molecular formula is C20H23BrN4O3S. The molecule has 2 fully saturated rings.